The summed E-state index contributed by atoms with van der Waals surface area (Å²) in [5.74, 6) is -0.0572. The highest BCUT2D eigenvalue weighted by Gasteiger charge is 2.20. The summed E-state index contributed by atoms with van der Waals surface area (Å²) in [6.45, 7) is 3.68. The zero-order valence-electron chi connectivity index (χ0n) is 12.7. The van der Waals surface area contributed by atoms with Crippen LogP contribution in [0.4, 0.5) is 0 Å². The van der Waals surface area contributed by atoms with Crippen molar-refractivity contribution in [1.29, 1.82) is 5.26 Å². The number of carbonyl (C=O) groups is 1. The van der Waals surface area contributed by atoms with Gasteiger partial charge in [-0.05, 0) is 30.5 Å². The number of amides is 1. The lowest BCUT2D eigenvalue weighted by Gasteiger charge is -2.25. The Morgan fingerprint density at radius 2 is 2.10 bits per heavy atom. The summed E-state index contributed by atoms with van der Waals surface area (Å²) in [7, 11) is 1.59. The lowest BCUT2D eigenvalue weighted by atomic mass is 10.1. The van der Waals surface area contributed by atoms with E-state index in [1.165, 1.54) is 0 Å². The Hall–Kier alpha value is -1.90. The van der Waals surface area contributed by atoms with Crippen molar-refractivity contribution in [3.05, 3.63) is 35.4 Å². The van der Waals surface area contributed by atoms with Crippen LogP contribution in [0, 0.1) is 11.3 Å². The predicted molar refractivity (Wildman–Crippen MR) is 81.3 cm³/mol. The third-order valence-corrected chi connectivity index (χ3v) is 3.21. The molecule has 0 bridgehead atoms. The van der Waals surface area contributed by atoms with Gasteiger partial charge in [0.1, 0.15) is 0 Å². The number of nitriles is 1. The van der Waals surface area contributed by atoms with Crippen LogP contribution in [-0.2, 0) is 16.1 Å². The minimum atomic E-state index is -0.533. The molecule has 5 heteroatoms. The molecule has 21 heavy (non-hydrogen) atoms. The topological polar surface area (TPSA) is 79.4 Å². The first-order valence-corrected chi connectivity index (χ1v) is 7.14. The van der Waals surface area contributed by atoms with E-state index in [2.05, 4.69) is 6.07 Å². The summed E-state index contributed by atoms with van der Waals surface area (Å²) in [4.78, 5) is 14.1. The number of nitrogens with zero attached hydrogens (tertiary/aromatic N) is 2. The van der Waals surface area contributed by atoms with Gasteiger partial charge >= 0.3 is 0 Å². The van der Waals surface area contributed by atoms with Crippen LogP contribution in [0.2, 0.25) is 0 Å². The van der Waals surface area contributed by atoms with Crippen molar-refractivity contribution in [2.24, 2.45) is 5.73 Å². The largest absolute Gasteiger partial charge is 0.385 e. The van der Waals surface area contributed by atoms with E-state index in [9.17, 15) is 4.79 Å². The first kappa shape index (κ1) is 17.2. The number of nitrogens with two attached hydrogens (primary N) is 1. The molecule has 0 spiro atoms. The number of ether oxygens (including phenoxy) is 1. The molecule has 0 aromatic heterocycles. The Morgan fingerprint density at radius 3 is 2.62 bits per heavy atom. The van der Waals surface area contributed by atoms with E-state index < -0.39 is 6.04 Å². The lowest BCUT2D eigenvalue weighted by molar-refractivity contribution is -0.133. The lowest BCUT2D eigenvalue weighted by Crippen LogP contribution is -2.44. The van der Waals surface area contributed by atoms with E-state index in [4.69, 9.17) is 15.7 Å². The Kier molecular flexibility index (Phi) is 7.44. The highest BCUT2D eigenvalue weighted by molar-refractivity contribution is 5.81. The van der Waals surface area contributed by atoms with E-state index in [0.29, 0.717) is 31.7 Å². The molecule has 0 heterocycles. The molecule has 0 aliphatic rings. The van der Waals surface area contributed by atoms with E-state index in [1.54, 1.807) is 24.1 Å². The molecule has 0 saturated carbocycles. The van der Waals surface area contributed by atoms with Gasteiger partial charge in [0.2, 0.25) is 5.91 Å². The van der Waals surface area contributed by atoms with Crippen LogP contribution >= 0.6 is 0 Å². The summed E-state index contributed by atoms with van der Waals surface area (Å²) in [5, 5.41) is 8.80. The highest BCUT2D eigenvalue weighted by Crippen LogP contribution is 2.09. The van der Waals surface area contributed by atoms with Crippen LogP contribution in [0.15, 0.2) is 24.3 Å². The first-order chi connectivity index (χ1) is 10.1. The maximum Gasteiger partial charge on any atom is 0.239 e. The van der Waals surface area contributed by atoms with Crippen molar-refractivity contribution in [2.45, 2.75) is 32.4 Å². The zero-order valence-corrected chi connectivity index (χ0v) is 12.7. The highest BCUT2D eigenvalue weighted by atomic mass is 16.5. The molecule has 0 fully saturated rings. The maximum absolute atomic E-state index is 12.4. The molecule has 2 N–H and O–H groups in total. The second kappa shape index (κ2) is 9.11. The summed E-state index contributed by atoms with van der Waals surface area (Å²) < 4.78 is 4.96. The van der Waals surface area contributed by atoms with E-state index in [1.807, 2.05) is 19.1 Å². The molecular formula is C16H23N3O2. The van der Waals surface area contributed by atoms with Gasteiger partial charge in [0.05, 0.1) is 17.7 Å². The molecule has 1 amide bonds. The van der Waals surface area contributed by atoms with E-state index >= 15 is 0 Å². The fourth-order valence-corrected chi connectivity index (χ4v) is 2.04. The minimum Gasteiger partial charge on any atom is -0.385 e. The number of methoxy groups -OCH3 is 1. The average molecular weight is 289 g/mol. The maximum atomic E-state index is 12.4. The molecule has 1 rings (SSSR count). The molecule has 114 valence electrons. The van der Waals surface area contributed by atoms with Crippen molar-refractivity contribution in [3.63, 3.8) is 0 Å². The van der Waals surface area contributed by atoms with Gasteiger partial charge in [0, 0.05) is 26.8 Å². The summed E-state index contributed by atoms with van der Waals surface area (Å²) >= 11 is 0. The van der Waals surface area contributed by atoms with Crippen LogP contribution in [0.3, 0.4) is 0 Å². The van der Waals surface area contributed by atoms with Crippen molar-refractivity contribution in [3.8, 4) is 6.07 Å². The van der Waals surface area contributed by atoms with Crippen LogP contribution in [-0.4, -0.2) is 37.1 Å². The van der Waals surface area contributed by atoms with Crippen LogP contribution < -0.4 is 5.73 Å². The van der Waals surface area contributed by atoms with Gasteiger partial charge in [-0.1, -0.05) is 19.1 Å². The van der Waals surface area contributed by atoms with Gasteiger partial charge in [-0.15, -0.1) is 0 Å². The fourth-order valence-electron chi connectivity index (χ4n) is 2.04. The van der Waals surface area contributed by atoms with Crippen LogP contribution in [0.25, 0.3) is 0 Å². The average Bonchev–Trinajstić information content (AvgIpc) is 2.52. The second-order valence-electron chi connectivity index (χ2n) is 4.96. The smallest absolute Gasteiger partial charge is 0.239 e. The Labute approximate surface area is 126 Å². The fraction of sp³-hybridized carbons (Fsp3) is 0.500. The first-order valence-electron chi connectivity index (χ1n) is 7.14. The van der Waals surface area contributed by atoms with Crippen molar-refractivity contribution >= 4 is 5.91 Å². The molecule has 1 unspecified atom stereocenters. The SMILES string of the molecule is CCCN(Cc1ccc(C#N)cc1)C(=O)C(N)CCOC. The molecule has 0 aliphatic heterocycles. The Bertz CT molecular complexity index is 479. The molecule has 0 radical (unpaired) electrons. The van der Waals surface area contributed by atoms with Crippen molar-refractivity contribution in [2.75, 3.05) is 20.3 Å². The van der Waals surface area contributed by atoms with Crippen LogP contribution in [0.5, 0.6) is 0 Å². The molecule has 0 aliphatic carbocycles. The quantitative estimate of drug-likeness (QED) is 0.789. The van der Waals surface area contributed by atoms with E-state index in [0.717, 1.165) is 12.0 Å². The van der Waals surface area contributed by atoms with Gasteiger partial charge in [0.15, 0.2) is 0 Å². The number of hydrogen-bond acceptors (Lipinski definition) is 4. The number of hydrogen-bond donors (Lipinski definition) is 1. The summed E-state index contributed by atoms with van der Waals surface area (Å²) in [5.41, 5.74) is 7.53. The Morgan fingerprint density at radius 1 is 1.43 bits per heavy atom. The number of benzene rings is 1. The third kappa shape index (κ3) is 5.54. The van der Waals surface area contributed by atoms with Crippen molar-refractivity contribution in [1.82, 2.24) is 4.90 Å². The van der Waals surface area contributed by atoms with Gasteiger partial charge < -0.3 is 15.4 Å². The molecule has 1 atom stereocenters. The normalized spacial score (nSPS) is 11.7. The van der Waals surface area contributed by atoms with Gasteiger partial charge in [0.25, 0.3) is 0 Å². The van der Waals surface area contributed by atoms with Crippen molar-refractivity contribution < 1.29 is 9.53 Å². The summed E-state index contributed by atoms with van der Waals surface area (Å²) in [6.07, 6.45) is 1.39. The van der Waals surface area contributed by atoms with Crippen LogP contribution in [0.1, 0.15) is 30.9 Å². The molecular weight excluding hydrogens is 266 g/mol. The van der Waals surface area contributed by atoms with Gasteiger partial charge in [-0.3, -0.25) is 4.79 Å². The third-order valence-electron chi connectivity index (χ3n) is 3.21. The number of rotatable bonds is 8. The molecule has 1 aromatic rings. The zero-order chi connectivity index (χ0) is 15.7. The molecule has 1 aromatic carbocycles. The van der Waals surface area contributed by atoms with Gasteiger partial charge in [-0.25, -0.2) is 0 Å². The second-order valence-corrected chi connectivity index (χ2v) is 4.96. The van der Waals surface area contributed by atoms with Gasteiger partial charge in [-0.2, -0.15) is 5.26 Å². The van der Waals surface area contributed by atoms with E-state index in [-0.39, 0.29) is 5.91 Å². The predicted octanol–water partition coefficient (Wildman–Crippen LogP) is 1.66. The molecule has 0 saturated heterocycles. The monoisotopic (exact) mass is 289 g/mol. The minimum absolute atomic E-state index is 0.0572. The standard InChI is InChI=1S/C16H23N3O2/c1-3-9-19(16(20)15(18)8-10-21-2)12-14-6-4-13(11-17)5-7-14/h4-7,15H,3,8-10,12,18H2,1-2H3. The Balaban J connectivity index is 2.71. The summed E-state index contributed by atoms with van der Waals surface area (Å²) in [6, 6.07) is 8.81. The molecule has 5 nitrogen and oxygen atoms in total. The number of carbonyl (C=O) groups excluding carboxylic acids is 1.